The van der Waals surface area contributed by atoms with Gasteiger partial charge >= 0.3 is 0 Å². The Balaban J connectivity index is 1.13. The number of anilines is 1. The fourth-order valence-corrected chi connectivity index (χ4v) is 4.05. The van der Waals surface area contributed by atoms with Crippen molar-refractivity contribution in [3.63, 3.8) is 0 Å². The number of aromatic nitrogens is 2. The number of fused-ring (bicyclic) bond motifs is 1. The van der Waals surface area contributed by atoms with Gasteiger partial charge in [0.1, 0.15) is 13.2 Å². The molecule has 0 saturated carbocycles. The molecular weight excluding hydrogens is 390 g/mol. The predicted molar refractivity (Wildman–Crippen MR) is 112 cm³/mol. The number of carbonyl (C=O) groups excluding carboxylic acids is 1. The minimum atomic E-state index is 0.0428. The summed E-state index contributed by atoms with van der Waals surface area (Å²) < 4.78 is 11.1. The number of nitrogens with zero attached hydrogens (tertiary/aromatic N) is 4. The third-order valence-corrected chi connectivity index (χ3v) is 5.83. The lowest BCUT2D eigenvalue weighted by Gasteiger charge is -2.34. The number of piperazine rings is 1. The summed E-state index contributed by atoms with van der Waals surface area (Å²) in [5, 5.41) is 3.01. The lowest BCUT2D eigenvalue weighted by atomic mass is 10.3. The van der Waals surface area contributed by atoms with Crippen molar-refractivity contribution in [3.8, 4) is 11.5 Å². The summed E-state index contributed by atoms with van der Waals surface area (Å²) in [5.41, 5.74) is 0. The van der Waals surface area contributed by atoms with Crippen LogP contribution < -0.4 is 19.7 Å². The van der Waals surface area contributed by atoms with Gasteiger partial charge in [0.05, 0.1) is 5.75 Å². The Morgan fingerprint density at radius 2 is 1.83 bits per heavy atom. The molecule has 1 aromatic carbocycles. The number of thioether (sulfide) groups is 1. The summed E-state index contributed by atoms with van der Waals surface area (Å²) in [4.78, 5) is 26.3. The maximum atomic E-state index is 12.2. The average molecular weight is 416 g/mol. The number of hydrogen-bond acceptors (Lipinski definition) is 8. The van der Waals surface area contributed by atoms with Crippen molar-refractivity contribution < 1.29 is 14.3 Å². The van der Waals surface area contributed by atoms with Crippen molar-refractivity contribution in [2.24, 2.45) is 0 Å². The normalized spacial score (nSPS) is 16.5. The number of amides is 1. The molecule has 154 valence electrons. The molecule has 0 spiro atoms. The first-order valence-electron chi connectivity index (χ1n) is 9.81. The van der Waals surface area contributed by atoms with Crippen LogP contribution in [0.5, 0.6) is 11.5 Å². The lowest BCUT2D eigenvalue weighted by molar-refractivity contribution is -0.118. The molecule has 29 heavy (non-hydrogen) atoms. The average Bonchev–Trinajstić information content (AvgIpc) is 2.78. The molecule has 3 heterocycles. The van der Waals surface area contributed by atoms with E-state index in [2.05, 4.69) is 25.1 Å². The van der Waals surface area contributed by atoms with Gasteiger partial charge in [-0.3, -0.25) is 9.69 Å². The molecule has 0 atom stereocenters. The van der Waals surface area contributed by atoms with Gasteiger partial charge in [0.25, 0.3) is 0 Å². The molecular formula is C20H25N5O3S. The first-order chi connectivity index (χ1) is 14.3. The van der Waals surface area contributed by atoms with E-state index in [1.165, 1.54) is 11.8 Å². The highest BCUT2D eigenvalue weighted by atomic mass is 32.2. The molecule has 0 aliphatic carbocycles. The van der Waals surface area contributed by atoms with Gasteiger partial charge in [0.2, 0.25) is 11.9 Å². The summed E-state index contributed by atoms with van der Waals surface area (Å²) in [6.07, 6.45) is 3.54. The van der Waals surface area contributed by atoms with Crippen LogP contribution in [0.25, 0.3) is 0 Å². The first kappa shape index (κ1) is 19.8. The maximum Gasteiger partial charge on any atom is 0.230 e. The minimum Gasteiger partial charge on any atom is -0.486 e. The highest BCUT2D eigenvalue weighted by molar-refractivity contribution is 8.00. The zero-order chi connectivity index (χ0) is 19.9. The highest BCUT2D eigenvalue weighted by Crippen LogP contribution is 2.34. The fraction of sp³-hybridized carbons (Fsp3) is 0.450. The molecule has 4 rings (SSSR count). The van der Waals surface area contributed by atoms with Gasteiger partial charge in [0, 0.05) is 56.6 Å². The molecule has 1 fully saturated rings. The SMILES string of the molecule is O=C(CSc1ccc2c(c1)OCCO2)NCCN1CCN(c2ncccn2)CC1. The van der Waals surface area contributed by atoms with Crippen molar-refractivity contribution in [3.05, 3.63) is 36.7 Å². The van der Waals surface area contributed by atoms with E-state index in [1.807, 2.05) is 24.3 Å². The topological polar surface area (TPSA) is 79.8 Å². The van der Waals surface area contributed by atoms with Gasteiger partial charge in [-0.1, -0.05) is 0 Å². The molecule has 9 heteroatoms. The molecule has 1 saturated heterocycles. The molecule has 8 nitrogen and oxygen atoms in total. The number of ether oxygens (including phenoxy) is 2. The van der Waals surface area contributed by atoms with E-state index in [-0.39, 0.29) is 5.91 Å². The standard InChI is InChI=1S/C20H25N5O3S/c26-19(15-29-16-2-3-17-18(14-16)28-13-12-27-17)21-6-7-24-8-10-25(11-9-24)20-22-4-1-5-23-20/h1-5,14H,6-13,15H2,(H,21,26). The van der Waals surface area contributed by atoms with E-state index in [1.54, 1.807) is 12.4 Å². The molecule has 0 unspecified atom stereocenters. The van der Waals surface area contributed by atoms with E-state index in [0.29, 0.717) is 25.5 Å². The van der Waals surface area contributed by atoms with Crippen LogP contribution in [0.4, 0.5) is 5.95 Å². The second-order valence-electron chi connectivity index (χ2n) is 6.82. The summed E-state index contributed by atoms with van der Waals surface area (Å²) in [6, 6.07) is 7.62. The molecule has 1 amide bonds. The van der Waals surface area contributed by atoms with Crippen molar-refractivity contribution in [2.75, 3.05) is 63.1 Å². The third kappa shape index (κ3) is 5.51. The van der Waals surface area contributed by atoms with Gasteiger partial charge in [-0.25, -0.2) is 9.97 Å². The van der Waals surface area contributed by atoms with Crippen molar-refractivity contribution in [1.29, 1.82) is 0 Å². The van der Waals surface area contributed by atoms with E-state index < -0.39 is 0 Å². The number of rotatable bonds is 7. The summed E-state index contributed by atoms with van der Waals surface area (Å²) in [6.45, 7) is 6.34. The molecule has 2 aliphatic rings. The molecule has 0 radical (unpaired) electrons. The monoisotopic (exact) mass is 415 g/mol. The largest absolute Gasteiger partial charge is 0.486 e. The van der Waals surface area contributed by atoms with Gasteiger partial charge in [-0.2, -0.15) is 0 Å². The van der Waals surface area contributed by atoms with E-state index in [4.69, 9.17) is 9.47 Å². The van der Waals surface area contributed by atoms with Crippen LogP contribution in [-0.4, -0.2) is 79.0 Å². The third-order valence-electron chi connectivity index (χ3n) is 4.84. The Morgan fingerprint density at radius 1 is 1.07 bits per heavy atom. The van der Waals surface area contributed by atoms with Gasteiger partial charge in [-0.05, 0) is 24.3 Å². The molecule has 1 aromatic heterocycles. The Labute approximate surface area is 174 Å². The zero-order valence-electron chi connectivity index (χ0n) is 16.2. The minimum absolute atomic E-state index is 0.0428. The van der Waals surface area contributed by atoms with Crippen LogP contribution in [0.15, 0.2) is 41.6 Å². The molecule has 2 aromatic rings. The van der Waals surface area contributed by atoms with Gasteiger partial charge < -0.3 is 19.7 Å². The van der Waals surface area contributed by atoms with Crippen molar-refractivity contribution in [1.82, 2.24) is 20.2 Å². The Bertz CT molecular complexity index is 815. The second-order valence-corrected chi connectivity index (χ2v) is 7.87. The molecule has 2 aliphatic heterocycles. The van der Waals surface area contributed by atoms with E-state index in [0.717, 1.165) is 55.1 Å². The van der Waals surface area contributed by atoms with Crippen molar-refractivity contribution in [2.45, 2.75) is 4.90 Å². The van der Waals surface area contributed by atoms with Gasteiger partial charge in [-0.15, -0.1) is 11.8 Å². The van der Waals surface area contributed by atoms with Crippen LogP contribution in [0.2, 0.25) is 0 Å². The summed E-state index contributed by atoms with van der Waals surface area (Å²) in [5.74, 6) is 2.74. The Morgan fingerprint density at radius 3 is 2.62 bits per heavy atom. The number of benzene rings is 1. The quantitative estimate of drug-likeness (QED) is 0.678. The summed E-state index contributed by atoms with van der Waals surface area (Å²) >= 11 is 1.50. The predicted octanol–water partition coefficient (Wildman–Crippen LogP) is 1.28. The second kappa shape index (κ2) is 9.80. The van der Waals surface area contributed by atoms with E-state index in [9.17, 15) is 4.79 Å². The first-order valence-corrected chi connectivity index (χ1v) is 10.8. The molecule has 0 bridgehead atoms. The summed E-state index contributed by atoms with van der Waals surface area (Å²) in [7, 11) is 0. The van der Waals surface area contributed by atoms with Crippen LogP contribution in [0.3, 0.4) is 0 Å². The van der Waals surface area contributed by atoms with Crippen molar-refractivity contribution >= 4 is 23.6 Å². The molecule has 1 N–H and O–H groups in total. The van der Waals surface area contributed by atoms with Crippen LogP contribution in [0.1, 0.15) is 0 Å². The van der Waals surface area contributed by atoms with Crippen LogP contribution >= 0.6 is 11.8 Å². The Kier molecular flexibility index (Phi) is 6.68. The van der Waals surface area contributed by atoms with Crippen LogP contribution in [0, 0.1) is 0 Å². The van der Waals surface area contributed by atoms with Gasteiger partial charge in [0.15, 0.2) is 11.5 Å². The number of hydrogen-bond donors (Lipinski definition) is 1. The lowest BCUT2D eigenvalue weighted by Crippen LogP contribution is -2.49. The van der Waals surface area contributed by atoms with E-state index >= 15 is 0 Å². The fourth-order valence-electron chi connectivity index (χ4n) is 3.29. The maximum absolute atomic E-state index is 12.2. The zero-order valence-corrected chi connectivity index (χ0v) is 17.1. The Hall–Kier alpha value is -2.52. The number of carbonyl (C=O) groups is 1. The number of nitrogens with one attached hydrogen (secondary N) is 1. The van der Waals surface area contributed by atoms with Crippen LogP contribution in [-0.2, 0) is 4.79 Å². The smallest absolute Gasteiger partial charge is 0.230 e. The highest BCUT2D eigenvalue weighted by Gasteiger charge is 2.18.